The molecule has 0 aliphatic rings. The van der Waals surface area contributed by atoms with Crippen LogP contribution >= 0.6 is 15.9 Å². The molecule has 0 N–H and O–H groups in total. The molecule has 0 saturated carbocycles. The van der Waals surface area contributed by atoms with Crippen LogP contribution in [-0.2, 0) is 6.54 Å². The molecule has 160 valence electrons. The number of aryl methyl sites for hydroxylation is 1. The summed E-state index contributed by atoms with van der Waals surface area (Å²) in [7, 11) is 0. The van der Waals surface area contributed by atoms with Gasteiger partial charge in [-0.05, 0) is 31.0 Å². The average molecular weight is 479 g/mol. The van der Waals surface area contributed by atoms with Crippen LogP contribution in [0.2, 0.25) is 0 Å². The van der Waals surface area contributed by atoms with E-state index in [2.05, 4.69) is 28.1 Å². The van der Waals surface area contributed by atoms with Crippen LogP contribution in [0.15, 0.2) is 71.7 Å². The number of fused-ring (bicyclic) bond motifs is 1. The lowest BCUT2D eigenvalue weighted by Gasteiger charge is -2.08. The van der Waals surface area contributed by atoms with Gasteiger partial charge in [-0.15, -0.1) is 0 Å². The Morgan fingerprint density at radius 2 is 1.52 bits per heavy atom. The van der Waals surface area contributed by atoms with Gasteiger partial charge in [0, 0.05) is 29.7 Å². The molecule has 0 spiro atoms. The van der Waals surface area contributed by atoms with Gasteiger partial charge in [-0.1, -0.05) is 78.0 Å². The first-order valence-electron chi connectivity index (χ1n) is 11.0. The fourth-order valence-corrected chi connectivity index (χ4v) is 4.25. The van der Waals surface area contributed by atoms with Gasteiger partial charge in [-0.3, -0.25) is 4.79 Å². The van der Waals surface area contributed by atoms with E-state index in [1.165, 1.54) is 25.7 Å². The molecule has 0 aliphatic carbocycles. The summed E-state index contributed by atoms with van der Waals surface area (Å²) < 4.78 is 3.48. The topological polar surface area (TPSA) is 52.2 Å². The number of aromatic nitrogens is 4. The van der Waals surface area contributed by atoms with E-state index in [1.807, 2.05) is 53.2 Å². The van der Waals surface area contributed by atoms with E-state index in [-0.39, 0.29) is 5.56 Å². The monoisotopic (exact) mass is 478 g/mol. The molecule has 0 aliphatic heterocycles. The molecule has 0 fully saturated rings. The normalized spacial score (nSPS) is 11.3. The van der Waals surface area contributed by atoms with Gasteiger partial charge in [0.15, 0.2) is 0 Å². The number of hydrogen-bond donors (Lipinski definition) is 0. The second-order valence-corrected chi connectivity index (χ2v) is 8.50. The van der Waals surface area contributed by atoms with Crippen LogP contribution in [0.5, 0.6) is 0 Å². The quantitative estimate of drug-likeness (QED) is 0.208. The van der Waals surface area contributed by atoms with E-state index in [4.69, 9.17) is 10.2 Å². The van der Waals surface area contributed by atoms with E-state index < -0.39 is 0 Å². The number of alkyl halides is 1. The van der Waals surface area contributed by atoms with Gasteiger partial charge in [0.1, 0.15) is 5.69 Å². The van der Waals surface area contributed by atoms with Crippen molar-refractivity contribution in [1.82, 2.24) is 19.4 Å². The lowest BCUT2D eigenvalue weighted by Crippen LogP contribution is -2.22. The Balaban J connectivity index is 1.61. The first kappa shape index (κ1) is 21.5. The first-order valence-corrected chi connectivity index (χ1v) is 12.1. The molecule has 0 saturated heterocycles. The molecule has 0 atom stereocenters. The highest BCUT2D eigenvalue weighted by Gasteiger charge is 2.18. The molecule has 0 amide bonds. The molecule has 6 heteroatoms. The van der Waals surface area contributed by atoms with Gasteiger partial charge in [-0.25, -0.2) is 9.20 Å². The van der Waals surface area contributed by atoms with Crippen LogP contribution in [0.3, 0.4) is 0 Å². The van der Waals surface area contributed by atoms with Crippen LogP contribution in [0.4, 0.5) is 0 Å². The van der Waals surface area contributed by atoms with Gasteiger partial charge in [-0.2, -0.15) is 10.2 Å². The van der Waals surface area contributed by atoms with Gasteiger partial charge < -0.3 is 0 Å². The van der Waals surface area contributed by atoms with Crippen molar-refractivity contribution in [2.75, 3.05) is 5.33 Å². The SMILES string of the molecule is O=c1ccc(-c2c(-c3ccccc3)nn3ccccc23)nn1CCCCCCCCBr. The van der Waals surface area contributed by atoms with Crippen molar-refractivity contribution in [1.29, 1.82) is 0 Å². The average Bonchev–Trinajstić information content (AvgIpc) is 3.20. The maximum absolute atomic E-state index is 12.4. The fraction of sp³-hybridized carbons (Fsp3) is 0.320. The zero-order valence-corrected chi connectivity index (χ0v) is 19.2. The molecular formula is C25H27BrN4O. The highest BCUT2D eigenvalue weighted by atomic mass is 79.9. The van der Waals surface area contributed by atoms with Gasteiger partial charge in [0.05, 0.1) is 16.8 Å². The zero-order valence-electron chi connectivity index (χ0n) is 17.6. The lowest BCUT2D eigenvalue weighted by atomic mass is 10.0. The van der Waals surface area contributed by atoms with Crippen LogP contribution in [0.25, 0.3) is 28.0 Å². The van der Waals surface area contributed by atoms with Gasteiger partial charge in [0.25, 0.3) is 5.56 Å². The Morgan fingerprint density at radius 3 is 2.32 bits per heavy atom. The van der Waals surface area contributed by atoms with Gasteiger partial charge in [0.2, 0.25) is 0 Å². The highest BCUT2D eigenvalue weighted by molar-refractivity contribution is 9.09. The van der Waals surface area contributed by atoms with Crippen molar-refractivity contribution < 1.29 is 0 Å². The molecular weight excluding hydrogens is 452 g/mol. The third-order valence-electron chi connectivity index (χ3n) is 5.46. The Hall–Kier alpha value is -2.73. The number of hydrogen-bond acceptors (Lipinski definition) is 3. The Labute approximate surface area is 190 Å². The number of benzene rings is 1. The smallest absolute Gasteiger partial charge is 0.266 e. The minimum Gasteiger partial charge on any atom is -0.268 e. The maximum atomic E-state index is 12.4. The molecule has 0 unspecified atom stereocenters. The number of pyridine rings is 1. The summed E-state index contributed by atoms with van der Waals surface area (Å²) in [6.45, 7) is 0.644. The third-order valence-corrected chi connectivity index (χ3v) is 6.02. The summed E-state index contributed by atoms with van der Waals surface area (Å²) in [5.74, 6) is 0. The highest BCUT2D eigenvalue weighted by Crippen LogP contribution is 2.33. The number of nitrogens with zero attached hydrogens (tertiary/aromatic N) is 4. The minimum absolute atomic E-state index is 0.0548. The molecule has 1 aromatic carbocycles. The van der Waals surface area contributed by atoms with Gasteiger partial charge >= 0.3 is 0 Å². The van der Waals surface area contributed by atoms with Crippen molar-refractivity contribution in [2.45, 2.75) is 45.1 Å². The molecule has 3 aromatic heterocycles. The summed E-state index contributed by atoms with van der Waals surface area (Å²) in [5.41, 5.74) is 4.56. The summed E-state index contributed by atoms with van der Waals surface area (Å²) in [4.78, 5) is 12.4. The molecule has 4 aromatic rings. The molecule has 3 heterocycles. The zero-order chi connectivity index (χ0) is 21.5. The molecule has 4 rings (SSSR count). The summed E-state index contributed by atoms with van der Waals surface area (Å²) >= 11 is 3.48. The Morgan fingerprint density at radius 1 is 0.774 bits per heavy atom. The van der Waals surface area contributed by atoms with Crippen molar-refractivity contribution in [3.8, 4) is 22.5 Å². The largest absolute Gasteiger partial charge is 0.268 e. The van der Waals surface area contributed by atoms with Crippen LogP contribution in [0, 0.1) is 0 Å². The molecule has 0 radical (unpaired) electrons. The number of unbranched alkanes of at least 4 members (excludes halogenated alkanes) is 5. The summed E-state index contributed by atoms with van der Waals surface area (Å²) in [6.07, 6.45) is 8.96. The minimum atomic E-state index is -0.0548. The van der Waals surface area contributed by atoms with Crippen LogP contribution < -0.4 is 5.56 Å². The standard InChI is InChI=1S/C25H27BrN4O/c26-17-9-3-1-2-4-10-19-30-23(31)16-15-21(27-30)24-22-14-8-11-18-29(22)28-25(24)20-12-6-5-7-13-20/h5-8,11-16,18H,1-4,9-10,17,19H2. The second kappa shape index (κ2) is 10.5. The lowest BCUT2D eigenvalue weighted by molar-refractivity contribution is 0.511. The van der Waals surface area contributed by atoms with E-state index in [0.29, 0.717) is 6.54 Å². The van der Waals surface area contributed by atoms with E-state index in [0.717, 1.165) is 46.2 Å². The maximum Gasteiger partial charge on any atom is 0.266 e. The fourth-order valence-electron chi connectivity index (χ4n) is 3.85. The van der Waals surface area contributed by atoms with E-state index in [9.17, 15) is 4.79 Å². The van der Waals surface area contributed by atoms with E-state index >= 15 is 0 Å². The van der Waals surface area contributed by atoms with Crippen molar-refractivity contribution in [3.05, 3.63) is 77.2 Å². The number of rotatable bonds is 10. The third kappa shape index (κ3) is 5.13. The Kier molecular flexibility index (Phi) is 7.30. The molecule has 0 bridgehead atoms. The molecule has 31 heavy (non-hydrogen) atoms. The van der Waals surface area contributed by atoms with Crippen molar-refractivity contribution in [3.63, 3.8) is 0 Å². The van der Waals surface area contributed by atoms with Crippen molar-refractivity contribution >= 4 is 21.4 Å². The first-order chi connectivity index (χ1) is 15.3. The van der Waals surface area contributed by atoms with Crippen molar-refractivity contribution in [2.24, 2.45) is 0 Å². The van der Waals surface area contributed by atoms with E-state index in [1.54, 1.807) is 10.7 Å². The second-order valence-electron chi connectivity index (χ2n) is 7.71. The molecule has 5 nitrogen and oxygen atoms in total. The predicted molar refractivity (Wildman–Crippen MR) is 130 cm³/mol. The Bertz CT molecular complexity index is 1180. The summed E-state index contributed by atoms with van der Waals surface area (Å²) in [5, 5.41) is 10.6. The van der Waals surface area contributed by atoms with Crippen LogP contribution in [0.1, 0.15) is 38.5 Å². The van der Waals surface area contributed by atoms with Crippen LogP contribution in [-0.4, -0.2) is 24.7 Å². The predicted octanol–water partition coefficient (Wildman–Crippen LogP) is 5.96. The summed E-state index contributed by atoms with van der Waals surface area (Å²) in [6, 6.07) is 19.6. The number of halogens is 1.